The molecule has 3 rings (SSSR count). The number of esters is 1. The Morgan fingerprint density at radius 1 is 1.08 bits per heavy atom. The van der Waals surface area contributed by atoms with Crippen LogP contribution in [0.1, 0.15) is 33.2 Å². The van der Waals surface area contributed by atoms with E-state index in [9.17, 15) is 14.4 Å². The molecule has 6 heteroatoms. The number of hydrogen-bond acceptors (Lipinski definition) is 4. The van der Waals surface area contributed by atoms with Crippen molar-refractivity contribution < 1.29 is 19.1 Å². The van der Waals surface area contributed by atoms with E-state index in [2.05, 4.69) is 10.6 Å². The van der Waals surface area contributed by atoms with Gasteiger partial charge >= 0.3 is 5.97 Å². The van der Waals surface area contributed by atoms with Crippen LogP contribution >= 0.6 is 0 Å². The lowest BCUT2D eigenvalue weighted by molar-refractivity contribution is -0.134. The van der Waals surface area contributed by atoms with Crippen molar-refractivity contribution in [1.82, 2.24) is 5.32 Å². The summed E-state index contributed by atoms with van der Waals surface area (Å²) < 4.78 is 5.41. The van der Waals surface area contributed by atoms with Gasteiger partial charge in [-0.05, 0) is 30.7 Å². The minimum Gasteiger partial charge on any atom is -0.445 e. The Bertz CT molecular complexity index is 862. The van der Waals surface area contributed by atoms with Crippen LogP contribution in [0.5, 0.6) is 0 Å². The normalized spacial score (nSPS) is 18.7. The Morgan fingerprint density at radius 3 is 2.52 bits per heavy atom. The molecule has 1 aliphatic rings. The molecule has 0 aliphatic carbocycles. The predicted octanol–water partition coefficient (Wildman–Crippen LogP) is 2.16. The zero-order valence-electron chi connectivity index (χ0n) is 14.0. The van der Waals surface area contributed by atoms with E-state index < -0.39 is 17.5 Å². The molecule has 0 bridgehead atoms. The van der Waals surface area contributed by atoms with Crippen molar-refractivity contribution in [3.05, 3.63) is 65.2 Å². The summed E-state index contributed by atoms with van der Waals surface area (Å²) in [5.41, 5.74) is 0.586. The second-order valence-electron chi connectivity index (χ2n) is 6.03. The fourth-order valence-electron chi connectivity index (χ4n) is 2.84. The first-order valence-electron chi connectivity index (χ1n) is 7.88. The summed E-state index contributed by atoms with van der Waals surface area (Å²) in [6.45, 7) is 1.57. The Kier molecular flexibility index (Phi) is 4.27. The van der Waals surface area contributed by atoms with Gasteiger partial charge in [0.05, 0.1) is 16.8 Å². The van der Waals surface area contributed by atoms with Crippen molar-refractivity contribution >= 4 is 23.5 Å². The molecular formula is C19H18N2O4. The number of anilines is 1. The largest absolute Gasteiger partial charge is 0.445 e. The Morgan fingerprint density at radius 2 is 1.76 bits per heavy atom. The fourth-order valence-corrected chi connectivity index (χ4v) is 2.84. The average Bonchev–Trinajstić information content (AvgIpc) is 2.61. The quantitative estimate of drug-likeness (QED) is 0.840. The molecule has 2 amide bonds. The minimum atomic E-state index is -1.35. The van der Waals surface area contributed by atoms with E-state index in [-0.39, 0.29) is 12.3 Å². The van der Waals surface area contributed by atoms with Gasteiger partial charge in [0.2, 0.25) is 0 Å². The van der Waals surface area contributed by atoms with Gasteiger partial charge in [-0.25, -0.2) is 4.79 Å². The smallest absolute Gasteiger partial charge is 0.339 e. The van der Waals surface area contributed by atoms with Gasteiger partial charge in [0.25, 0.3) is 11.8 Å². The lowest BCUT2D eigenvalue weighted by atomic mass is 9.89. The zero-order valence-corrected chi connectivity index (χ0v) is 14.0. The summed E-state index contributed by atoms with van der Waals surface area (Å²) in [7, 11) is 1.52. The van der Waals surface area contributed by atoms with Gasteiger partial charge in [-0.3, -0.25) is 9.59 Å². The van der Waals surface area contributed by atoms with Crippen molar-refractivity contribution in [2.75, 3.05) is 12.4 Å². The molecule has 0 saturated heterocycles. The number of carbonyl (C=O) groups excluding carboxylic acids is 3. The molecule has 2 N–H and O–H groups in total. The Balaban J connectivity index is 1.88. The zero-order chi connectivity index (χ0) is 18.0. The number of benzene rings is 2. The van der Waals surface area contributed by atoms with Crippen molar-refractivity contribution in [3.8, 4) is 0 Å². The van der Waals surface area contributed by atoms with Crippen molar-refractivity contribution in [1.29, 1.82) is 0 Å². The predicted molar refractivity (Wildman–Crippen MR) is 92.4 cm³/mol. The standard InChI is InChI=1S/C19H18N2O4/c1-19(11-12-7-3-4-8-13(12)17(23)25-19)18(24)21-15-10-6-5-9-14(15)16(22)20-2/h3-10H,11H2,1-2H3,(H,20,22)(H,21,24). The molecule has 0 aromatic heterocycles. The number of para-hydroxylation sites is 1. The third kappa shape index (κ3) is 3.10. The maximum atomic E-state index is 12.8. The van der Waals surface area contributed by atoms with Crippen LogP contribution in [-0.4, -0.2) is 30.4 Å². The van der Waals surface area contributed by atoms with Crippen LogP contribution in [0.15, 0.2) is 48.5 Å². The first-order valence-corrected chi connectivity index (χ1v) is 7.88. The summed E-state index contributed by atoms with van der Waals surface area (Å²) in [6, 6.07) is 13.7. The highest BCUT2D eigenvalue weighted by Crippen LogP contribution is 2.29. The van der Waals surface area contributed by atoms with Gasteiger partial charge < -0.3 is 15.4 Å². The fraction of sp³-hybridized carbons (Fsp3) is 0.211. The molecule has 0 spiro atoms. The topological polar surface area (TPSA) is 84.5 Å². The van der Waals surface area contributed by atoms with Crippen LogP contribution in [0.4, 0.5) is 5.69 Å². The second kappa shape index (κ2) is 6.39. The average molecular weight is 338 g/mol. The highest BCUT2D eigenvalue weighted by molar-refractivity contribution is 6.07. The van der Waals surface area contributed by atoms with Crippen LogP contribution in [0.25, 0.3) is 0 Å². The summed E-state index contributed by atoms with van der Waals surface area (Å²) >= 11 is 0. The number of carbonyl (C=O) groups is 3. The van der Waals surface area contributed by atoms with Gasteiger partial charge in [0.15, 0.2) is 5.60 Å². The molecule has 0 radical (unpaired) electrons. The SMILES string of the molecule is CNC(=O)c1ccccc1NC(=O)C1(C)Cc2ccccc2C(=O)O1. The van der Waals surface area contributed by atoms with E-state index in [1.165, 1.54) is 7.05 Å². The molecule has 1 heterocycles. The third-order valence-corrected chi connectivity index (χ3v) is 4.21. The molecule has 128 valence electrons. The van der Waals surface area contributed by atoms with E-state index in [0.29, 0.717) is 16.8 Å². The lowest BCUT2D eigenvalue weighted by Crippen LogP contribution is -2.49. The summed E-state index contributed by atoms with van der Waals surface area (Å²) in [4.78, 5) is 36.9. The van der Waals surface area contributed by atoms with Gasteiger partial charge in [0.1, 0.15) is 0 Å². The van der Waals surface area contributed by atoms with Gasteiger partial charge in [-0.2, -0.15) is 0 Å². The first-order chi connectivity index (χ1) is 11.9. The molecule has 1 aliphatic heterocycles. The maximum Gasteiger partial charge on any atom is 0.339 e. The van der Waals surface area contributed by atoms with Crippen molar-refractivity contribution in [2.24, 2.45) is 0 Å². The monoisotopic (exact) mass is 338 g/mol. The Hall–Kier alpha value is -3.15. The highest BCUT2D eigenvalue weighted by Gasteiger charge is 2.42. The molecule has 2 aromatic carbocycles. The van der Waals surface area contributed by atoms with E-state index in [1.54, 1.807) is 49.4 Å². The van der Waals surface area contributed by atoms with Gasteiger partial charge in [-0.15, -0.1) is 0 Å². The molecule has 1 atom stereocenters. The van der Waals surface area contributed by atoms with Crippen LogP contribution in [0.2, 0.25) is 0 Å². The van der Waals surface area contributed by atoms with Gasteiger partial charge in [0, 0.05) is 13.5 Å². The van der Waals surface area contributed by atoms with Crippen LogP contribution in [0, 0.1) is 0 Å². The Labute approximate surface area is 145 Å². The van der Waals surface area contributed by atoms with Gasteiger partial charge in [-0.1, -0.05) is 30.3 Å². The number of cyclic esters (lactones) is 1. The highest BCUT2D eigenvalue weighted by atomic mass is 16.6. The summed E-state index contributed by atoms with van der Waals surface area (Å²) in [5, 5.41) is 5.24. The number of nitrogens with one attached hydrogen (secondary N) is 2. The van der Waals surface area contributed by atoms with E-state index in [0.717, 1.165) is 5.56 Å². The summed E-state index contributed by atoms with van der Waals surface area (Å²) in [5.74, 6) is -1.32. The van der Waals surface area contributed by atoms with Crippen LogP contribution < -0.4 is 10.6 Å². The number of amides is 2. The van der Waals surface area contributed by atoms with Crippen molar-refractivity contribution in [2.45, 2.75) is 18.9 Å². The van der Waals surface area contributed by atoms with Crippen LogP contribution in [0.3, 0.4) is 0 Å². The number of fused-ring (bicyclic) bond motifs is 1. The molecule has 1 unspecified atom stereocenters. The third-order valence-electron chi connectivity index (χ3n) is 4.21. The summed E-state index contributed by atoms with van der Waals surface area (Å²) in [6.07, 6.45) is 0.267. The van der Waals surface area contributed by atoms with Crippen LogP contribution in [-0.2, 0) is 16.0 Å². The molecule has 0 fully saturated rings. The molecule has 2 aromatic rings. The van der Waals surface area contributed by atoms with E-state index in [1.807, 2.05) is 6.07 Å². The first kappa shape index (κ1) is 16.7. The second-order valence-corrected chi connectivity index (χ2v) is 6.03. The lowest BCUT2D eigenvalue weighted by Gasteiger charge is -2.33. The minimum absolute atomic E-state index is 0.267. The number of ether oxygens (including phenoxy) is 1. The van der Waals surface area contributed by atoms with E-state index >= 15 is 0 Å². The number of hydrogen-bond donors (Lipinski definition) is 2. The molecule has 6 nitrogen and oxygen atoms in total. The van der Waals surface area contributed by atoms with E-state index in [4.69, 9.17) is 4.74 Å². The number of rotatable bonds is 3. The molecule has 25 heavy (non-hydrogen) atoms. The maximum absolute atomic E-state index is 12.8. The van der Waals surface area contributed by atoms with Crippen molar-refractivity contribution in [3.63, 3.8) is 0 Å². The molecular weight excluding hydrogens is 320 g/mol. The molecule has 0 saturated carbocycles.